The summed E-state index contributed by atoms with van der Waals surface area (Å²) in [6.07, 6.45) is -0.221. The lowest BCUT2D eigenvalue weighted by Gasteiger charge is -2.35. The highest BCUT2D eigenvalue weighted by Crippen LogP contribution is 2.11. The van der Waals surface area contributed by atoms with Crippen molar-refractivity contribution in [3.05, 3.63) is 0 Å². The number of nitrogens with one attached hydrogen (secondary N) is 2. The van der Waals surface area contributed by atoms with Crippen LogP contribution in [0, 0.1) is 0 Å². The van der Waals surface area contributed by atoms with Gasteiger partial charge in [-0.15, -0.1) is 0 Å². The summed E-state index contributed by atoms with van der Waals surface area (Å²) in [7, 11) is 1.69. The first kappa shape index (κ1) is 22.5. The Kier molecular flexibility index (Phi) is 9.72. The van der Waals surface area contributed by atoms with Crippen molar-refractivity contribution < 1.29 is 14.3 Å². The van der Waals surface area contributed by atoms with Gasteiger partial charge in [0.15, 0.2) is 5.96 Å². The average molecular weight is 372 g/mol. The van der Waals surface area contributed by atoms with Gasteiger partial charge in [-0.1, -0.05) is 0 Å². The number of aliphatic imine (C=N–C) groups is 1. The van der Waals surface area contributed by atoms with Crippen LogP contribution in [-0.2, 0) is 9.47 Å². The lowest BCUT2D eigenvalue weighted by atomic mass is 10.2. The van der Waals surface area contributed by atoms with Crippen LogP contribution >= 0.6 is 0 Å². The van der Waals surface area contributed by atoms with Gasteiger partial charge >= 0.3 is 6.09 Å². The smallest absolute Gasteiger partial charge is 0.410 e. The van der Waals surface area contributed by atoms with E-state index in [-0.39, 0.29) is 12.1 Å². The zero-order valence-corrected chi connectivity index (χ0v) is 17.3. The van der Waals surface area contributed by atoms with Crippen molar-refractivity contribution >= 4 is 12.1 Å². The highest BCUT2D eigenvalue weighted by atomic mass is 16.6. The van der Waals surface area contributed by atoms with Crippen molar-refractivity contribution in [1.29, 1.82) is 0 Å². The second-order valence-corrected chi connectivity index (χ2v) is 7.57. The van der Waals surface area contributed by atoms with E-state index in [1.165, 1.54) is 0 Å². The van der Waals surface area contributed by atoms with Crippen LogP contribution in [0.3, 0.4) is 0 Å². The molecule has 0 bridgehead atoms. The Morgan fingerprint density at radius 3 is 2.42 bits per heavy atom. The molecule has 0 saturated carbocycles. The molecule has 1 fully saturated rings. The number of hydrogen-bond donors (Lipinski definition) is 2. The minimum absolute atomic E-state index is 0.204. The highest BCUT2D eigenvalue weighted by molar-refractivity contribution is 5.80. The number of carbonyl (C=O) groups is 1. The van der Waals surface area contributed by atoms with E-state index in [9.17, 15) is 4.79 Å². The van der Waals surface area contributed by atoms with E-state index < -0.39 is 5.60 Å². The molecule has 1 aliphatic rings. The topological polar surface area (TPSA) is 78.4 Å². The minimum atomic E-state index is -0.446. The van der Waals surface area contributed by atoms with Crippen molar-refractivity contribution in [3.8, 4) is 0 Å². The summed E-state index contributed by atoms with van der Waals surface area (Å²) in [5.74, 6) is 0.810. The monoisotopic (exact) mass is 371 g/mol. The number of amides is 1. The molecule has 0 aliphatic carbocycles. The molecule has 1 atom stereocenters. The molecule has 1 aliphatic heterocycles. The first-order chi connectivity index (χ1) is 12.2. The van der Waals surface area contributed by atoms with E-state index in [2.05, 4.69) is 27.4 Å². The van der Waals surface area contributed by atoms with E-state index in [4.69, 9.17) is 9.47 Å². The number of methoxy groups -OCH3 is 1. The summed E-state index contributed by atoms with van der Waals surface area (Å²) in [6.45, 7) is 15.9. The molecule has 0 spiro atoms. The van der Waals surface area contributed by atoms with Crippen LogP contribution in [0.1, 0.15) is 34.6 Å². The Bertz CT molecular complexity index is 443. The lowest BCUT2D eigenvalue weighted by Crippen LogP contribution is -2.50. The number of hydrogen-bond acceptors (Lipinski definition) is 5. The Labute approximate surface area is 158 Å². The van der Waals surface area contributed by atoms with E-state index in [0.717, 1.165) is 32.1 Å². The summed E-state index contributed by atoms with van der Waals surface area (Å²) in [6, 6.07) is 0.204. The molecule has 8 nitrogen and oxygen atoms in total. The summed E-state index contributed by atoms with van der Waals surface area (Å²) in [5.41, 5.74) is -0.446. The van der Waals surface area contributed by atoms with Crippen molar-refractivity contribution in [2.75, 3.05) is 59.5 Å². The van der Waals surface area contributed by atoms with Crippen molar-refractivity contribution in [1.82, 2.24) is 20.4 Å². The van der Waals surface area contributed by atoms with Crippen LogP contribution < -0.4 is 10.6 Å². The van der Waals surface area contributed by atoms with Crippen molar-refractivity contribution in [2.45, 2.75) is 46.3 Å². The molecule has 0 radical (unpaired) electrons. The van der Waals surface area contributed by atoms with Gasteiger partial charge in [-0.25, -0.2) is 4.79 Å². The second-order valence-electron chi connectivity index (χ2n) is 7.57. The third kappa shape index (κ3) is 9.24. The molecule has 1 saturated heterocycles. The second kappa shape index (κ2) is 11.2. The Hall–Kier alpha value is -1.54. The lowest BCUT2D eigenvalue weighted by molar-refractivity contribution is 0.0148. The van der Waals surface area contributed by atoms with Crippen LogP contribution in [0.4, 0.5) is 4.79 Å². The van der Waals surface area contributed by atoms with E-state index >= 15 is 0 Å². The summed E-state index contributed by atoms with van der Waals surface area (Å²) < 4.78 is 10.6. The van der Waals surface area contributed by atoms with Gasteiger partial charge in [0.1, 0.15) is 5.60 Å². The molecule has 1 unspecified atom stereocenters. The van der Waals surface area contributed by atoms with Gasteiger partial charge in [0.2, 0.25) is 0 Å². The summed E-state index contributed by atoms with van der Waals surface area (Å²) >= 11 is 0. The average Bonchev–Trinajstić information content (AvgIpc) is 2.54. The molecule has 0 aromatic heterocycles. The highest BCUT2D eigenvalue weighted by Gasteiger charge is 2.25. The Morgan fingerprint density at radius 1 is 1.23 bits per heavy atom. The summed E-state index contributed by atoms with van der Waals surface area (Å²) in [4.78, 5) is 20.8. The van der Waals surface area contributed by atoms with Gasteiger partial charge in [0, 0.05) is 52.4 Å². The van der Waals surface area contributed by atoms with Gasteiger partial charge in [-0.3, -0.25) is 9.89 Å². The molecule has 1 rings (SSSR count). The van der Waals surface area contributed by atoms with Gasteiger partial charge < -0.3 is 25.0 Å². The number of rotatable bonds is 7. The fraction of sp³-hybridized carbons (Fsp3) is 0.889. The molecule has 2 N–H and O–H groups in total. The number of piperazine rings is 1. The fourth-order valence-electron chi connectivity index (χ4n) is 2.63. The van der Waals surface area contributed by atoms with E-state index in [1.54, 1.807) is 12.0 Å². The fourth-order valence-corrected chi connectivity index (χ4v) is 2.63. The van der Waals surface area contributed by atoms with Crippen molar-refractivity contribution in [3.63, 3.8) is 0 Å². The SMILES string of the molecule is CCNC(=NCCN1CCN(C(=O)OC(C)(C)C)CC1)NC(C)COC. The maximum absolute atomic E-state index is 12.1. The molecular formula is C18H37N5O3. The maximum atomic E-state index is 12.1. The van der Waals surface area contributed by atoms with E-state index in [1.807, 2.05) is 27.7 Å². The van der Waals surface area contributed by atoms with Crippen LogP contribution in [0.5, 0.6) is 0 Å². The predicted molar refractivity (Wildman–Crippen MR) is 105 cm³/mol. The predicted octanol–water partition coefficient (Wildman–Crippen LogP) is 1.13. The van der Waals surface area contributed by atoms with Gasteiger partial charge in [0.05, 0.1) is 13.2 Å². The number of carbonyl (C=O) groups excluding carboxylic acids is 1. The Morgan fingerprint density at radius 2 is 1.88 bits per heavy atom. The molecule has 152 valence electrons. The quantitative estimate of drug-likeness (QED) is 0.516. The van der Waals surface area contributed by atoms with Gasteiger partial charge in [0.25, 0.3) is 0 Å². The first-order valence-electron chi connectivity index (χ1n) is 9.49. The molecule has 1 heterocycles. The largest absolute Gasteiger partial charge is 0.444 e. The zero-order valence-electron chi connectivity index (χ0n) is 17.3. The third-order valence-corrected chi connectivity index (χ3v) is 3.85. The minimum Gasteiger partial charge on any atom is -0.444 e. The number of guanidine groups is 1. The molecule has 26 heavy (non-hydrogen) atoms. The number of ether oxygens (including phenoxy) is 2. The Balaban J connectivity index is 2.36. The van der Waals surface area contributed by atoms with Crippen LogP contribution in [0.25, 0.3) is 0 Å². The first-order valence-corrected chi connectivity index (χ1v) is 9.49. The normalized spacial score (nSPS) is 17.8. The maximum Gasteiger partial charge on any atom is 0.410 e. The third-order valence-electron chi connectivity index (χ3n) is 3.85. The van der Waals surface area contributed by atoms with Crippen molar-refractivity contribution in [2.24, 2.45) is 4.99 Å². The van der Waals surface area contributed by atoms with E-state index in [0.29, 0.717) is 26.2 Å². The number of nitrogens with zero attached hydrogens (tertiary/aromatic N) is 3. The van der Waals surface area contributed by atoms with Crippen LogP contribution in [-0.4, -0.2) is 93.0 Å². The molecule has 1 amide bonds. The van der Waals surface area contributed by atoms with Crippen LogP contribution in [0.2, 0.25) is 0 Å². The zero-order chi connectivity index (χ0) is 19.6. The molecule has 0 aromatic carbocycles. The van der Waals surface area contributed by atoms with Gasteiger partial charge in [-0.05, 0) is 34.6 Å². The van der Waals surface area contributed by atoms with Gasteiger partial charge in [-0.2, -0.15) is 0 Å². The van der Waals surface area contributed by atoms with Crippen LogP contribution in [0.15, 0.2) is 4.99 Å². The molecular weight excluding hydrogens is 334 g/mol. The standard InChI is InChI=1S/C18H37N5O3/c1-7-19-16(21-15(2)14-25-6)20-8-9-22-10-12-23(13-11-22)17(24)26-18(3,4)5/h15H,7-14H2,1-6H3,(H2,19,20,21). The summed E-state index contributed by atoms with van der Waals surface area (Å²) in [5, 5.41) is 6.57. The molecule has 0 aromatic rings. The molecule has 8 heteroatoms.